The molecule has 1 amide bonds. The van der Waals surface area contributed by atoms with Crippen molar-refractivity contribution in [2.24, 2.45) is 7.05 Å². The van der Waals surface area contributed by atoms with Crippen molar-refractivity contribution in [3.63, 3.8) is 0 Å². The Bertz CT molecular complexity index is 1440. The van der Waals surface area contributed by atoms with Gasteiger partial charge in [-0.2, -0.15) is 5.26 Å². The second-order valence-corrected chi connectivity index (χ2v) is 10.6. The Labute approximate surface area is 228 Å². The summed E-state index contributed by atoms with van der Waals surface area (Å²) in [5.41, 5.74) is 1.09. The number of hydrogen-bond acceptors (Lipinski definition) is 8. The summed E-state index contributed by atoms with van der Waals surface area (Å²) in [7, 11) is 1.59. The van der Waals surface area contributed by atoms with Gasteiger partial charge in [0.25, 0.3) is 11.5 Å². The Morgan fingerprint density at radius 2 is 1.87 bits per heavy atom. The van der Waals surface area contributed by atoms with Crippen LogP contribution in [0.15, 0.2) is 34.0 Å². The summed E-state index contributed by atoms with van der Waals surface area (Å²) < 4.78 is 16.1. The molecular formula is C26H26FN5O4S2. The van der Waals surface area contributed by atoms with Crippen molar-refractivity contribution < 1.29 is 19.1 Å². The maximum atomic E-state index is 14.3. The Morgan fingerprint density at radius 3 is 2.50 bits per heavy atom. The van der Waals surface area contributed by atoms with E-state index < -0.39 is 11.5 Å². The molecule has 2 saturated heterocycles. The molecule has 1 aromatic carbocycles. The van der Waals surface area contributed by atoms with E-state index in [9.17, 15) is 24.0 Å². The first-order chi connectivity index (χ1) is 18.1. The van der Waals surface area contributed by atoms with Gasteiger partial charge in [0, 0.05) is 51.8 Å². The molecular weight excluding hydrogens is 529 g/mol. The number of carboxylic acid groups (broad SMARTS) is 1. The molecule has 1 N–H and O–H groups in total. The van der Waals surface area contributed by atoms with Crippen LogP contribution in [-0.2, 0) is 16.6 Å². The number of nitrogens with zero attached hydrogens (tertiary/aromatic N) is 5. The number of anilines is 2. The number of para-hydroxylation sites is 1. The highest BCUT2D eigenvalue weighted by molar-refractivity contribution is 8.26. The molecule has 198 valence electrons. The molecule has 2 aromatic rings. The maximum Gasteiger partial charge on any atom is 0.303 e. The zero-order valence-corrected chi connectivity index (χ0v) is 22.6. The molecule has 3 heterocycles. The molecule has 12 heteroatoms. The Balaban J connectivity index is 1.68. The highest BCUT2D eigenvalue weighted by Gasteiger charge is 2.33. The number of amides is 1. The average molecular weight is 556 g/mol. The van der Waals surface area contributed by atoms with Gasteiger partial charge in [0.15, 0.2) is 0 Å². The second-order valence-electron chi connectivity index (χ2n) is 8.97. The molecule has 0 saturated carbocycles. The molecule has 2 aliphatic rings. The van der Waals surface area contributed by atoms with Gasteiger partial charge in [-0.1, -0.05) is 36.1 Å². The zero-order chi connectivity index (χ0) is 27.6. The molecule has 0 bridgehead atoms. The Kier molecular flexibility index (Phi) is 8.18. The number of carboxylic acids is 1. The Hall–Kier alpha value is -3.69. The van der Waals surface area contributed by atoms with E-state index in [2.05, 4.69) is 0 Å². The van der Waals surface area contributed by atoms with E-state index in [1.807, 2.05) is 15.9 Å². The third-order valence-corrected chi connectivity index (χ3v) is 8.04. The van der Waals surface area contributed by atoms with Crippen LogP contribution in [0.4, 0.5) is 15.9 Å². The summed E-state index contributed by atoms with van der Waals surface area (Å²) in [4.78, 5) is 42.7. The van der Waals surface area contributed by atoms with Gasteiger partial charge in [-0.05, 0) is 37.1 Å². The molecule has 4 rings (SSSR count). The normalized spacial score (nSPS) is 16.9. The van der Waals surface area contributed by atoms with E-state index in [-0.39, 0.29) is 36.7 Å². The van der Waals surface area contributed by atoms with Crippen molar-refractivity contribution in [1.82, 2.24) is 9.47 Å². The maximum absolute atomic E-state index is 14.3. The fourth-order valence-electron chi connectivity index (χ4n) is 4.67. The quantitative estimate of drug-likeness (QED) is 0.407. The number of thiocarbonyl (C=S) groups is 1. The number of nitriles is 1. The summed E-state index contributed by atoms with van der Waals surface area (Å²) in [5, 5.41) is 18.6. The van der Waals surface area contributed by atoms with E-state index in [1.165, 1.54) is 15.5 Å². The molecule has 0 radical (unpaired) electrons. The number of piperazine rings is 1. The summed E-state index contributed by atoms with van der Waals surface area (Å²) in [6.07, 6.45) is 1.85. The van der Waals surface area contributed by atoms with Crippen molar-refractivity contribution in [1.29, 1.82) is 5.26 Å². The fraction of sp³-hybridized carbons (Fsp3) is 0.346. The number of carbonyl (C=O) groups is 2. The number of hydrogen-bond donors (Lipinski definition) is 1. The molecule has 0 atom stereocenters. The van der Waals surface area contributed by atoms with Crippen LogP contribution in [0.5, 0.6) is 0 Å². The van der Waals surface area contributed by atoms with E-state index in [0.29, 0.717) is 58.0 Å². The second kappa shape index (κ2) is 11.4. The molecule has 38 heavy (non-hydrogen) atoms. The highest BCUT2D eigenvalue weighted by Crippen LogP contribution is 2.36. The summed E-state index contributed by atoms with van der Waals surface area (Å²) >= 11 is 6.48. The molecule has 2 fully saturated rings. The minimum absolute atomic E-state index is 0.00979. The van der Waals surface area contributed by atoms with Crippen LogP contribution >= 0.6 is 24.0 Å². The van der Waals surface area contributed by atoms with E-state index in [4.69, 9.17) is 17.3 Å². The zero-order valence-electron chi connectivity index (χ0n) is 20.9. The van der Waals surface area contributed by atoms with Gasteiger partial charge in [-0.15, -0.1) is 0 Å². The molecule has 1 aromatic heterocycles. The van der Waals surface area contributed by atoms with Crippen LogP contribution in [0.25, 0.3) is 6.08 Å². The van der Waals surface area contributed by atoms with Crippen LogP contribution in [0, 0.1) is 24.1 Å². The third kappa shape index (κ3) is 5.30. The predicted octanol–water partition coefficient (Wildman–Crippen LogP) is 3.10. The lowest BCUT2D eigenvalue weighted by molar-refractivity contribution is -0.137. The first-order valence-electron chi connectivity index (χ1n) is 12.0. The van der Waals surface area contributed by atoms with Gasteiger partial charge in [0.2, 0.25) is 0 Å². The molecule has 0 unspecified atom stereocenters. The molecule has 9 nitrogen and oxygen atoms in total. The predicted molar refractivity (Wildman–Crippen MR) is 149 cm³/mol. The van der Waals surface area contributed by atoms with Gasteiger partial charge < -0.3 is 14.9 Å². The largest absolute Gasteiger partial charge is 0.481 e. The van der Waals surface area contributed by atoms with Crippen LogP contribution in [0.1, 0.15) is 29.5 Å². The minimum Gasteiger partial charge on any atom is -0.481 e. The van der Waals surface area contributed by atoms with Gasteiger partial charge >= 0.3 is 5.97 Å². The topological polar surface area (TPSA) is 110 Å². The smallest absolute Gasteiger partial charge is 0.303 e. The van der Waals surface area contributed by atoms with Crippen LogP contribution < -0.4 is 15.4 Å². The van der Waals surface area contributed by atoms with Crippen molar-refractivity contribution in [2.45, 2.75) is 19.8 Å². The number of pyridine rings is 1. The van der Waals surface area contributed by atoms with E-state index in [1.54, 1.807) is 38.2 Å². The van der Waals surface area contributed by atoms with Gasteiger partial charge in [0.1, 0.15) is 27.6 Å². The highest BCUT2D eigenvalue weighted by atomic mass is 32.2. The van der Waals surface area contributed by atoms with Crippen LogP contribution in [0.3, 0.4) is 0 Å². The Morgan fingerprint density at radius 1 is 1.21 bits per heavy atom. The number of thioether (sulfide) groups is 1. The number of rotatable bonds is 7. The monoisotopic (exact) mass is 555 g/mol. The number of aliphatic carboxylic acids is 1. The van der Waals surface area contributed by atoms with Gasteiger partial charge in [0.05, 0.1) is 10.6 Å². The molecule has 0 aliphatic carbocycles. The lowest BCUT2D eigenvalue weighted by atomic mass is 10.0. The van der Waals surface area contributed by atoms with Crippen LogP contribution in [0.2, 0.25) is 0 Å². The summed E-state index contributed by atoms with van der Waals surface area (Å²) in [6, 6.07) is 8.57. The molecule has 2 aliphatic heterocycles. The van der Waals surface area contributed by atoms with Gasteiger partial charge in [-0.3, -0.25) is 23.9 Å². The average Bonchev–Trinajstić information content (AvgIpc) is 3.15. The lowest BCUT2D eigenvalue weighted by Gasteiger charge is -2.38. The van der Waals surface area contributed by atoms with Crippen molar-refractivity contribution >= 4 is 57.8 Å². The first kappa shape index (κ1) is 27.3. The van der Waals surface area contributed by atoms with Crippen molar-refractivity contribution in [3.05, 3.63) is 62.0 Å². The SMILES string of the molecule is Cc1c(/C=C2/SC(=S)N(CCCC(=O)O)C2=O)c(N2CCN(c3ccccc3F)CC2)n(C)c(=O)c1C#N. The first-order valence-corrected chi connectivity index (χ1v) is 13.2. The van der Waals surface area contributed by atoms with E-state index in [0.717, 1.165) is 11.8 Å². The molecule has 0 spiro atoms. The minimum atomic E-state index is -0.949. The van der Waals surface area contributed by atoms with Crippen molar-refractivity contribution in [2.75, 3.05) is 42.5 Å². The number of carbonyl (C=O) groups excluding carboxylic acids is 1. The summed E-state index contributed by atoms with van der Waals surface area (Å²) in [5.74, 6) is -1.02. The summed E-state index contributed by atoms with van der Waals surface area (Å²) in [6.45, 7) is 3.87. The van der Waals surface area contributed by atoms with Crippen molar-refractivity contribution in [3.8, 4) is 6.07 Å². The fourth-order valence-corrected chi connectivity index (χ4v) is 5.96. The lowest BCUT2D eigenvalue weighted by Crippen LogP contribution is -2.48. The standard InChI is InChI=1S/C26H26FN5O4S2/c1-16-17(14-21-25(36)32(26(37)38-21)9-5-8-22(33)34)23(29(2)24(35)18(16)15-28)31-12-10-30(11-13-31)20-7-4-3-6-19(20)27/h3-4,6-7,14H,5,8-13H2,1-2H3,(H,33,34)/b21-14+. The van der Waals surface area contributed by atoms with E-state index >= 15 is 0 Å². The number of aromatic nitrogens is 1. The van der Waals surface area contributed by atoms with Crippen LogP contribution in [-0.4, -0.2) is 63.5 Å². The number of benzene rings is 1. The van der Waals surface area contributed by atoms with Gasteiger partial charge in [-0.25, -0.2) is 4.39 Å². The third-order valence-electron chi connectivity index (χ3n) is 6.66. The number of halogens is 1.